The fraction of sp³-hybridized carbons (Fsp3) is 0.321. The van der Waals surface area contributed by atoms with Gasteiger partial charge in [0.1, 0.15) is 0 Å². The summed E-state index contributed by atoms with van der Waals surface area (Å²) in [5, 5.41) is 0. The van der Waals surface area contributed by atoms with Crippen LogP contribution in [0.5, 0.6) is 0 Å². The zero-order valence-electron chi connectivity index (χ0n) is 20.2. The number of halogens is 1. The van der Waals surface area contributed by atoms with E-state index in [1.165, 1.54) is 33.3 Å². The SMILES string of the molecule is CC(C)c1c[c]([Ge]([CH3])([CH3])[CH3])cc(C(C)C)c1-n1c(-c2ccc(F)cc2)nc2ccccc21. The molecule has 4 heteroatoms. The summed E-state index contributed by atoms with van der Waals surface area (Å²) in [5.41, 5.74) is 6.91. The number of rotatable bonds is 5. The van der Waals surface area contributed by atoms with Crippen LogP contribution in [0, 0.1) is 5.82 Å². The molecule has 4 aromatic rings. The van der Waals surface area contributed by atoms with E-state index in [1.807, 2.05) is 18.2 Å². The van der Waals surface area contributed by atoms with Crippen LogP contribution in [0.15, 0.2) is 60.7 Å². The summed E-state index contributed by atoms with van der Waals surface area (Å²) in [6.45, 7) is 9.11. The third kappa shape index (κ3) is 4.15. The number of nitrogens with zero attached hydrogens (tertiary/aromatic N) is 2. The molecule has 0 amide bonds. The maximum atomic E-state index is 13.7. The molecule has 0 radical (unpaired) electrons. The molecule has 0 fully saturated rings. The van der Waals surface area contributed by atoms with Crippen LogP contribution in [0.4, 0.5) is 4.39 Å². The second kappa shape index (κ2) is 8.51. The van der Waals surface area contributed by atoms with Crippen molar-refractivity contribution >= 4 is 28.7 Å². The molecule has 0 unspecified atom stereocenters. The van der Waals surface area contributed by atoms with Crippen molar-refractivity contribution in [3.05, 3.63) is 77.6 Å². The predicted octanol–water partition coefficient (Wildman–Crippen LogP) is 7.62. The Labute approximate surface area is 193 Å². The van der Waals surface area contributed by atoms with Gasteiger partial charge in [0, 0.05) is 0 Å². The van der Waals surface area contributed by atoms with Crippen molar-refractivity contribution in [2.45, 2.75) is 56.8 Å². The quantitative estimate of drug-likeness (QED) is 0.264. The zero-order chi connectivity index (χ0) is 23.2. The first kappa shape index (κ1) is 22.8. The van der Waals surface area contributed by atoms with Gasteiger partial charge in [-0.15, -0.1) is 0 Å². The average molecular weight is 489 g/mol. The van der Waals surface area contributed by atoms with Gasteiger partial charge in [0.05, 0.1) is 0 Å². The van der Waals surface area contributed by atoms with E-state index in [4.69, 9.17) is 4.98 Å². The molecule has 0 saturated carbocycles. The fourth-order valence-corrected chi connectivity index (χ4v) is 6.77. The standard InChI is InChI=1S/C28H33FGeN2/c1-18(2)23-16-22(30(5,6)7)17-24(19(3)4)27(23)32-26-11-9-8-10-25(26)31-28(32)20-12-14-21(29)15-13-20/h8-19H,1-7H3. The van der Waals surface area contributed by atoms with Crippen molar-refractivity contribution in [2.24, 2.45) is 0 Å². The number of para-hydroxylation sites is 2. The van der Waals surface area contributed by atoms with E-state index in [-0.39, 0.29) is 5.82 Å². The van der Waals surface area contributed by atoms with Crippen molar-refractivity contribution in [1.82, 2.24) is 9.55 Å². The molecule has 0 aliphatic heterocycles. The Kier molecular flexibility index (Phi) is 6.06. The summed E-state index contributed by atoms with van der Waals surface area (Å²) in [5.74, 6) is 8.74. The first-order valence-electron chi connectivity index (χ1n) is 11.5. The van der Waals surface area contributed by atoms with E-state index >= 15 is 0 Å². The van der Waals surface area contributed by atoms with Crippen LogP contribution < -0.4 is 4.40 Å². The predicted molar refractivity (Wildman–Crippen MR) is 138 cm³/mol. The van der Waals surface area contributed by atoms with Crippen LogP contribution in [0.25, 0.3) is 28.1 Å². The van der Waals surface area contributed by atoms with E-state index in [0.29, 0.717) is 11.8 Å². The van der Waals surface area contributed by atoms with Crippen molar-refractivity contribution in [2.75, 3.05) is 0 Å². The van der Waals surface area contributed by atoms with Crippen molar-refractivity contribution < 1.29 is 4.39 Å². The van der Waals surface area contributed by atoms with Gasteiger partial charge in [-0.05, 0) is 0 Å². The Bertz CT molecular complexity index is 1230. The van der Waals surface area contributed by atoms with E-state index < -0.39 is 13.3 Å². The van der Waals surface area contributed by atoms with Gasteiger partial charge in [-0.3, -0.25) is 0 Å². The van der Waals surface area contributed by atoms with Crippen LogP contribution in [0.2, 0.25) is 17.3 Å². The summed E-state index contributed by atoms with van der Waals surface area (Å²) >= 11 is -2.04. The van der Waals surface area contributed by atoms with Crippen LogP contribution in [-0.4, -0.2) is 22.8 Å². The number of benzene rings is 3. The van der Waals surface area contributed by atoms with Gasteiger partial charge in [0.2, 0.25) is 0 Å². The molecular formula is C28H33FGeN2. The van der Waals surface area contributed by atoms with Crippen molar-refractivity contribution in [3.63, 3.8) is 0 Å². The van der Waals surface area contributed by atoms with Crippen LogP contribution >= 0.6 is 0 Å². The van der Waals surface area contributed by atoms with Crippen LogP contribution in [0.1, 0.15) is 50.7 Å². The van der Waals surface area contributed by atoms with Gasteiger partial charge >= 0.3 is 194 Å². The van der Waals surface area contributed by atoms with Crippen LogP contribution in [0.3, 0.4) is 0 Å². The van der Waals surface area contributed by atoms with E-state index in [2.05, 4.69) is 79.9 Å². The summed E-state index contributed by atoms with van der Waals surface area (Å²) in [4.78, 5) is 5.01. The van der Waals surface area contributed by atoms with E-state index in [0.717, 1.165) is 22.4 Å². The van der Waals surface area contributed by atoms with Gasteiger partial charge in [0.15, 0.2) is 0 Å². The molecule has 0 atom stereocenters. The first-order chi connectivity index (χ1) is 15.1. The number of fused-ring (bicyclic) bond motifs is 1. The first-order valence-corrected chi connectivity index (χ1v) is 18.8. The molecule has 0 aliphatic rings. The molecule has 4 rings (SSSR count). The molecule has 3 aromatic carbocycles. The summed E-state index contributed by atoms with van der Waals surface area (Å²) in [7, 11) is 0. The molecule has 0 spiro atoms. The Balaban J connectivity index is 2.15. The Hall–Kier alpha value is -2.40. The third-order valence-corrected chi connectivity index (χ3v) is 10.4. The number of hydrogen-bond acceptors (Lipinski definition) is 1. The van der Waals surface area contributed by atoms with Crippen molar-refractivity contribution in [1.29, 1.82) is 0 Å². The molecule has 0 aliphatic carbocycles. The minimum atomic E-state index is -2.04. The molecule has 1 aromatic heterocycles. The number of aromatic nitrogens is 2. The molecule has 0 saturated heterocycles. The van der Waals surface area contributed by atoms with Gasteiger partial charge in [-0.1, -0.05) is 0 Å². The zero-order valence-corrected chi connectivity index (χ0v) is 22.3. The molecule has 166 valence electrons. The van der Waals surface area contributed by atoms with Crippen molar-refractivity contribution in [3.8, 4) is 17.1 Å². The maximum absolute atomic E-state index is 13.7. The third-order valence-electron chi connectivity index (χ3n) is 6.17. The van der Waals surface area contributed by atoms with Gasteiger partial charge in [-0.2, -0.15) is 0 Å². The normalized spacial score (nSPS) is 12.3. The minimum absolute atomic E-state index is 0.233. The monoisotopic (exact) mass is 490 g/mol. The Morgan fingerprint density at radius 2 is 1.38 bits per heavy atom. The number of imidazole rings is 1. The van der Waals surface area contributed by atoms with E-state index in [1.54, 1.807) is 0 Å². The Morgan fingerprint density at radius 1 is 0.812 bits per heavy atom. The van der Waals surface area contributed by atoms with E-state index in [9.17, 15) is 4.39 Å². The average Bonchev–Trinajstić information content (AvgIpc) is 3.11. The molecule has 0 bridgehead atoms. The fourth-order valence-electron chi connectivity index (χ4n) is 4.30. The molecule has 0 N–H and O–H groups in total. The van der Waals surface area contributed by atoms with Gasteiger partial charge in [0.25, 0.3) is 0 Å². The van der Waals surface area contributed by atoms with Gasteiger partial charge in [-0.25, -0.2) is 0 Å². The van der Waals surface area contributed by atoms with Crippen LogP contribution in [-0.2, 0) is 0 Å². The molecular weight excluding hydrogens is 456 g/mol. The summed E-state index contributed by atoms with van der Waals surface area (Å²) in [6, 6.07) is 19.9. The topological polar surface area (TPSA) is 17.8 Å². The summed E-state index contributed by atoms with van der Waals surface area (Å²) in [6.07, 6.45) is 0. The molecule has 1 heterocycles. The Morgan fingerprint density at radius 3 is 1.91 bits per heavy atom. The molecule has 32 heavy (non-hydrogen) atoms. The van der Waals surface area contributed by atoms with Gasteiger partial charge < -0.3 is 0 Å². The number of hydrogen-bond donors (Lipinski definition) is 0. The second-order valence-electron chi connectivity index (χ2n) is 10.3. The second-order valence-corrected chi connectivity index (χ2v) is 21.0. The molecule has 2 nitrogen and oxygen atoms in total. The summed E-state index contributed by atoms with van der Waals surface area (Å²) < 4.78 is 17.6.